The monoisotopic (exact) mass is 351 g/mol. The van der Waals surface area contributed by atoms with Gasteiger partial charge in [-0.1, -0.05) is 19.1 Å². The molecule has 0 radical (unpaired) electrons. The van der Waals surface area contributed by atoms with Gasteiger partial charge >= 0.3 is 5.97 Å². The lowest BCUT2D eigenvalue weighted by Crippen LogP contribution is -2.32. The summed E-state index contributed by atoms with van der Waals surface area (Å²) in [5, 5.41) is 17.1. The number of aromatic carboxylic acids is 1. The van der Waals surface area contributed by atoms with Gasteiger partial charge in [-0.3, -0.25) is 4.79 Å². The lowest BCUT2D eigenvalue weighted by atomic mass is 10.2. The predicted octanol–water partition coefficient (Wildman–Crippen LogP) is 2.08. The number of likely N-dealkylation sites (N-methyl/N-ethyl adjacent to an activating group) is 1. The van der Waals surface area contributed by atoms with Crippen LogP contribution in [0.2, 0.25) is 0 Å². The van der Waals surface area contributed by atoms with Gasteiger partial charge in [-0.05, 0) is 13.8 Å². The normalized spacial score (nSPS) is 12.4. The molecule has 0 aliphatic heterocycles. The zero-order valence-corrected chi connectivity index (χ0v) is 15.2. The van der Waals surface area contributed by atoms with Crippen LogP contribution in [0.5, 0.6) is 0 Å². The summed E-state index contributed by atoms with van der Waals surface area (Å²) >= 11 is 1.62. The molecular weight excluding hydrogens is 330 g/mol. The quantitative estimate of drug-likeness (QED) is 0.855. The Morgan fingerprint density at radius 1 is 1.38 bits per heavy atom. The Kier molecular flexibility index (Phi) is 5.33. The lowest BCUT2D eigenvalue weighted by molar-refractivity contribution is -0.132. The minimum Gasteiger partial charge on any atom is -0.476 e. The van der Waals surface area contributed by atoms with Crippen molar-refractivity contribution in [1.29, 1.82) is 0 Å². The van der Waals surface area contributed by atoms with Gasteiger partial charge < -0.3 is 10.0 Å². The maximum Gasteiger partial charge on any atom is 0.358 e. The largest absolute Gasteiger partial charge is 0.476 e. The van der Waals surface area contributed by atoms with Crippen molar-refractivity contribution in [1.82, 2.24) is 24.9 Å². The van der Waals surface area contributed by atoms with Crippen LogP contribution in [0.4, 0.5) is 0 Å². The van der Waals surface area contributed by atoms with Gasteiger partial charge in [0.05, 0.1) is 22.9 Å². The average Bonchev–Trinajstić information content (AvgIpc) is 3.12. The number of carboxylic acids is 1. The van der Waals surface area contributed by atoms with Gasteiger partial charge in [-0.15, -0.1) is 16.4 Å². The number of carbonyl (C=O) groups excluding carboxylic acids is 1. The highest BCUT2D eigenvalue weighted by atomic mass is 32.1. The smallest absolute Gasteiger partial charge is 0.358 e. The van der Waals surface area contributed by atoms with Gasteiger partial charge in [0, 0.05) is 17.8 Å². The number of carbonyl (C=O) groups is 2. The van der Waals surface area contributed by atoms with Crippen molar-refractivity contribution in [2.45, 2.75) is 46.2 Å². The first-order valence-electron chi connectivity index (χ1n) is 7.57. The summed E-state index contributed by atoms with van der Waals surface area (Å²) in [6.45, 7) is 8.02. The molecule has 0 aliphatic carbocycles. The number of carboxylic acid groups (broad SMARTS) is 1. The first kappa shape index (κ1) is 18.1. The molecule has 2 aromatic heterocycles. The highest BCUT2D eigenvalue weighted by Crippen LogP contribution is 2.31. The summed E-state index contributed by atoms with van der Waals surface area (Å²) in [5.74, 6) is -1.000. The summed E-state index contributed by atoms with van der Waals surface area (Å²) in [5.41, 5.74) is 0.753. The number of amides is 1. The Balaban J connectivity index is 2.10. The van der Waals surface area contributed by atoms with Gasteiger partial charge in [0.25, 0.3) is 0 Å². The Morgan fingerprint density at radius 3 is 2.54 bits per heavy atom. The lowest BCUT2D eigenvalue weighted by Gasteiger charge is -2.24. The Morgan fingerprint density at radius 2 is 2.04 bits per heavy atom. The Hall–Kier alpha value is -2.29. The maximum absolute atomic E-state index is 12.4. The van der Waals surface area contributed by atoms with Crippen LogP contribution in [-0.2, 0) is 11.3 Å². The molecule has 1 atom stereocenters. The van der Waals surface area contributed by atoms with Gasteiger partial charge in [0.1, 0.15) is 6.54 Å². The molecule has 2 rings (SSSR count). The Bertz CT molecular complexity index is 752. The number of aryl methyl sites for hydroxylation is 1. The van der Waals surface area contributed by atoms with Crippen molar-refractivity contribution in [2.24, 2.45) is 0 Å². The fraction of sp³-hybridized carbons (Fsp3) is 0.533. The summed E-state index contributed by atoms with van der Waals surface area (Å²) in [7, 11) is 1.72. The van der Waals surface area contributed by atoms with Crippen molar-refractivity contribution >= 4 is 23.2 Å². The van der Waals surface area contributed by atoms with Crippen LogP contribution in [0, 0.1) is 6.92 Å². The van der Waals surface area contributed by atoms with Crippen LogP contribution in [0.15, 0.2) is 6.20 Å². The molecule has 2 heterocycles. The van der Waals surface area contributed by atoms with Gasteiger partial charge in [0.2, 0.25) is 5.91 Å². The minimum absolute atomic E-state index is 0.0595. The van der Waals surface area contributed by atoms with Crippen molar-refractivity contribution < 1.29 is 14.7 Å². The summed E-state index contributed by atoms with van der Waals surface area (Å²) in [4.78, 5) is 30.5. The summed E-state index contributed by atoms with van der Waals surface area (Å²) in [6, 6.07) is -0.120. The number of thiazole rings is 1. The first-order chi connectivity index (χ1) is 11.2. The van der Waals surface area contributed by atoms with Crippen LogP contribution in [0.1, 0.15) is 58.8 Å². The standard InChI is InChI=1S/C15H21N5O3S/c1-8(2)14-16-9(3)13(24-14)10(4)19(5)12(21)7-20-6-11(15(22)23)17-18-20/h6,8,10H,7H2,1-5H3,(H,22,23). The molecular formula is C15H21N5O3S. The van der Waals surface area contributed by atoms with E-state index in [1.165, 1.54) is 10.9 Å². The number of hydrogen-bond donors (Lipinski definition) is 1. The number of hydrogen-bond acceptors (Lipinski definition) is 6. The van der Waals surface area contributed by atoms with Crippen molar-refractivity contribution in [3.63, 3.8) is 0 Å². The number of nitrogens with zero attached hydrogens (tertiary/aromatic N) is 5. The first-order valence-corrected chi connectivity index (χ1v) is 8.38. The maximum atomic E-state index is 12.4. The molecule has 1 amide bonds. The topological polar surface area (TPSA) is 101 Å². The molecule has 0 saturated heterocycles. The molecule has 9 heteroatoms. The molecule has 0 aliphatic rings. The van der Waals surface area contributed by atoms with Crippen LogP contribution in [-0.4, -0.2) is 48.9 Å². The van der Waals surface area contributed by atoms with Crippen LogP contribution < -0.4 is 0 Å². The molecule has 8 nitrogen and oxygen atoms in total. The van der Waals surface area contributed by atoms with E-state index in [2.05, 4.69) is 29.1 Å². The zero-order valence-electron chi connectivity index (χ0n) is 14.3. The van der Waals surface area contributed by atoms with Crippen LogP contribution in [0.3, 0.4) is 0 Å². The molecule has 2 aromatic rings. The highest BCUT2D eigenvalue weighted by molar-refractivity contribution is 7.11. The van der Waals surface area contributed by atoms with Gasteiger partial charge in [-0.25, -0.2) is 14.5 Å². The van der Waals surface area contributed by atoms with Crippen LogP contribution in [0.25, 0.3) is 0 Å². The van der Waals surface area contributed by atoms with E-state index in [1.807, 2.05) is 13.8 Å². The third-order valence-corrected chi connectivity index (χ3v) is 5.38. The third kappa shape index (κ3) is 3.78. The third-order valence-electron chi connectivity index (χ3n) is 3.75. The molecule has 1 unspecified atom stereocenters. The fourth-order valence-electron chi connectivity index (χ4n) is 2.18. The molecule has 0 bridgehead atoms. The van der Waals surface area contributed by atoms with E-state index in [0.717, 1.165) is 15.6 Å². The predicted molar refractivity (Wildman–Crippen MR) is 89.1 cm³/mol. The minimum atomic E-state index is -1.17. The molecule has 1 N–H and O–H groups in total. The van der Waals surface area contributed by atoms with Gasteiger partial charge in [0.15, 0.2) is 5.69 Å². The van der Waals surface area contributed by atoms with E-state index in [0.29, 0.717) is 5.92 Å². The zero-order chi connectivity index (χ0) is 18.0. The summed E-state index contributed by atoms with van der Waals surface area (Å²) in [6.07, 6.45) is 1.24. The molecule has 130 valence electrons. The van der Waals surface area contributed by atoms with Crippen molar-refractivity contribution in [3.8, 4) is 0 Å². The Labute approximate surface area is 144 Å². The molecule has 0 aromatic carbocycles. The second kappa shape index (κ2) is 7.08. The van der Waals surface area contributed by atoms with Crippen molar-refractivity contribution in [2.75, 3.05) is 7.05 Å². The second-order valence-corrected chi connectivity index (χ2v) is 7.01. The van der Waals surface area contributed by atoms with E-state index < -0.39 is 5.97 Å². The van der Waals surface area contributed by atoms with Crippen molar-refractivity contribution in [3.05, 3.63) is 27.5 Å². The van der Waals surface area contributed by atoms with Gasteiger partial charge in [-0.2, -0.15) is 0 Å². The number of aromatic nitrogens is 4. The molecule has 0 fully saturated rings. The van der Waals surface area contributed by atoms with Crippen LogP contribution >= 0.6 is 11.3 Å². The molecule has 0 saturated carbocycles. The van der Waals surface area contributed by atoms with E-state index in [1.54, 1.807) is 23.3 Å². The average molecular weight is 351 g/mol. The molecule has 0 spiro atoms. The fourth-order valence-corrected chi connectivity index (χ4v) is 3.35. The second-order valence-electron chi connectivity index (χ2n) is 5.94. The SMILES string of the molecule is Cc1nc(C(C)C)sc1C(C)N(C)C(=O)Cn1cc(C(=O)O)nn1. The molecule has 24 heavy (non-hydrogen) atoms. The van der Waals surface area contributed by atoms with E-state index in [4.69, 9.17) is 5.11 Å². The van der Waals surface area contributed by atoms with E-state index in [-0.39, 0.29) is 24.2 Å². The highest BCUT2D eigenvalue weighted by Gasteiger charge is 2.23. The number of rotatable bonds is 6. The van der Waals surface area contributed by atoms with E-state index >= 15 is 0 Å². The summed E-state index contributed by atoms with van der Waals surface area (Å²) < 4.78 is 1.23. The van der Waals surface area contributed by atoms with E-state index in [9.17, 15) is 9.59 Å².